The second-order valence-electron chi connectivity index (χ2n) is 6.28. The standard InChI is InChI=1S/C18H22FN/c1-18(2,3)14-9-10-16(19)15(12-14)17(20)11-13-7-5-4-6-8-13/h4-10,12,17H,11,20H2,1-3H3. The predicted molar refractivity (Wildman–Crippen MR) is 82.2 cm³/mol. The summed E-state index contributed by atoms with van der Waals surface area (Å²) in [6.07, 6.45) is 0.644. The highest BCUT2D eigenvalue weighted by atomic mass is 19.1. The first-order valence-electron chi connectivity index (χ1n) is 6.97. The van der Waals surface area contributed by atoms with Gasteiger partial charge < -0.3 is 5.73 Å². The Morgan fingerprint density at radius 3 is 2.30 bits per heavy atom. The van der Waals surface area contributed by atoms with E-state index in [1.807, 2.05) is 42.5 Å². The van der Waals surface area contributed by atoms with Crippen molar-refractivity contribution >= 4 is 0 Å². The molecular weight excluding hydrogens is 249 g/mol. The van der Waals surface area contributed by atoms with Crippen molar-refractivity contribution in [3.05, 3.63) is 71.0 Å². The molecule has 2 aromatic rings. The quantitative estimate of drug-likeness (QED) is 0.881. The summed E-state index contributed by atoms with van der Waals surface area (Å²) in [4.78, 5) is 0. The third-order valence-corrected chi connectivity index (χ3v) is 3.56. The van der Waals surface area contributed by atoms with E-state index >= 15 is 0 Å². The van der Waals surface area contributed by atoms with Gasteiger partial charge in [-0.1, -0.05) is 63.2 Å². The maximum Gasteiger partial charge on any atom is 0.128 e. The second-order valence-corrected chi connectivity index (χ2v) is 6.28. The van der Waals surface area contributed by atoms with E-state index in [0.717, 1.165) is 11.1 Å². The Morgan fingerprint density at radius 1 is 1.05 bits per heavy atom. The van der Waals surface area contributed by atoms with E-state index < -0.39 is 0 Å². The molecule has 1 unspecified atom stereocenters. The van der Waals surface area contributed by atoms with Gasteiger partial charge in [0.25, 0.3) is 0 Å². The van der Waals surface area contributed by atoms with Gasteiger partial charge in [-0.15, -0.1) is 0 Å². The van der Waals surface area contributed by atoms with Crippen molar-refractivity contribution in [3.8, 4) is 0 Å². The lowest BCUT2D eigenvalue weighted by atomic mass is 9.85. The fraction of sp³-hybridized carbons (Fsp3) is 0.333. The first-order chi connectivity index (χ1) is 9.38. The van der Waals surface area contributed by atoms with Gasteiger partial charge in [-0.2, -0.15) is 0 Å². The van der Waals surface area contributed by atoms with E-state index in [2.05, 4.69) is 20.8 Å². The molecule has 0 aromatic heterocycles. The summed E-state index contributed by atoms with van der Waals surface area (Å²) < 4.78 is 14.0. The number of hydrogen-bond acceptors (Lipinski definition) is 1. The molecule has 106 valence electrons. The molecule has 0 saturated heterocycles. The maximum atomic E-state index is 14.0. The van der Waals surface area contributed by atoms with Crippen LogP contribution in [0.1, 0.15) is 43.5 Å². The topological polar surface area (TPSA) is 26.0 Å². The zero-order valence-corrected chi connectivity index (χ0v) is 12.4. The van der Waals surface area contributed by atoms with E-state index in [0.29, 0.717) is 12.0 Å². The van der Waals surface area contributed by atoms with Crippen LogP contribution in [0.4, 0.5) is 4.39 Å². The third kappa shape index (κ3) is 3.45. The average Bonchev–Trinajstić information content (AvgIpc) is 2.39. The Hall–Kier alpha value is -1.67. The molecule has 2 aromatic carbocycles. The van der Waals surface area contributed by atoms with Crippen LogP contribution in [0.25, 0.3) is 0 Å². The van der Waals surface area contributed by atoms with Crippen LogP contribution in [0.3, 0.4) is 0 Å². The molecule has 0 fully saturated rings. The summed E-state index contributed by atoms with van der Waals surface area (Å²) in [6.45, 7) is 6.35. The Morgan fingerprint density at radius 2 is 1.70 bits per heavy atom. The van der Waals surface area contributed by atoms with Crippen LogP contribution >= 0.6 is 0 Å². The molecule has 2 rings (SSSR count). The maximum absolute atomic E-state index is 14.0. The van der Waals surface area contributed by atoms with Gasteiger partial charge in [-0.25, -0.2) is 4.39 Å². The van der Waals surface area contributed by atoms with Crippen molar-refractivity contribution in [2.45, 2.75) is 38.6 Å². The van der Waals surface area contributed by atoms with Gasteiger partial charge in [0.15, 0.2) is 0 Å². The van der Waals surface area contributed by atoms with Crippen molar-refractivity contribution in [1.82, 2.24) is 0 Å². The van der Waals surface area contributed by atoms with Gasteiger partial charge >= 0.3 is 0 Å². The van der Waals surface area contributed by atoms with Crippen molar-refractivity contribution in [2.75, 3.05) is 0 Å². The number of rotatable bonds is 3. The number of hydrogen-bond donors (Lipinski definition) is 1. The van der Waals surface area contributed by atoms with Gasteiger partial charge in [0.2, 0.25) is 0 Å². The molecule has 0 radical (unpaired) electrons. The number of halogens is 1. The lowest BCUT2D eigenvalue weighted by molar-refractivity contribution is 0.560. The van der Waals surface area contributed by atoms with E-state index in [-0.39, 0.29) is 17.3 Å². The fourth-order valence-electron chi connectivity index (χ4n) is 2.27. The van der Waals surface area contributed by atoms with Crippen LogP contribution in [0, 0.1) is 5.82 Å². The first-order valence-corrected chi connectivity index (χ1v) is 6.97. The molecule has 0 aliphatic rings. The zero-order valence-electron chi connectivity index (χ0n) is 12.4. The number of benzene rings is 2. The highest BCUT2D eigenvalue weighted by Crippen LogP contribution is 2.27. The monoisotopic (exact) mass is 271 g/mol. The van der Waals surface area contributed by atoms with Crippen LogP contribution in [-0.2, 0) is 11.8 Å². The molecular formula is C18H22FN. The summed E-state index contributed by atoms with van der Waals surface area (Å²) in [5.74, 6) is -0.221. The van der Waals surface area contributed by atoms with Crippen LogP contribution in [-0.4, -0.2) is 0 Å². The zero-order chi connectivity index (χ0) is 14.8. The van der Waals surface area contributed by atoms with Gasteiger partial charge in [0, 0.05) is 11.6 Å². The van der Waals surface area contributed by atoms with E-state index in [4.69, 9.17) is 5.73 Å². The highest BCUT2D eigenvalue weighted by Gasteiger charge is 2.18. The molecule has 0 bridgehead atoms. The Kier molecular flexibility index (Phi) is 4.24. The Labute approximate surface area is 120 Å². The van der Waals surface area contributed by atoms with Crippen molar-refractivity contribution in [1.29, 1.82) is 0 Å². The molecule has 0 saturated carbocycles. The third-order valence-electron chi connectivity index (χ3n) is 3.56. The summed E-state index contributed by atoms with van der Waals surface area (Å²) in [5.41, 5.74) is 9.03. The van der Waals surface area contributed by atoms with E-state index in [1.54, 1.807) is 0 Å². The minimum absolute atomic E-state index is 0.00504. The normalized spacial score (nSPS) is 13.2. The molecule has 20 heavy (non-hydrogen) atoms. The van der Waals surface area contributed by atoms with Crippen LogP contribution < -0.4 is 5.73 Å². The summed E-state index contributed by atoms with van der Waals surface area (Å²) in [7, 11) is 0. The first kappa shape index (κ1) is 14.7. The van der Waals surface area contributed by atoms with E-state index in [1.165, 1.54) is 6.07 Å². The minimum Gasteiger partial charge on any atom is -0.324 e. The summed E-state index contributed by atoms with van der Waals surface area (Å²) in [6, 6.07) is 14.9. The van der Waals surface area contributed by atoms with Crippen molar-refractivity contribution in [3.63, 3.8) is 0 Å². The van der Waals surface area contributed by atoms with Gasteiger partial charge in [-0.3, -0.25) is 0 Å². The molecule has 0 heterocycles. The van der Waals surface area contributed by atoms with Gasteiger partial charge in [0.1, 0.15) is 5.82 Å². The van der Waals surface area contributed by atoms with Crippen LogP contribution in [0.5, 0.6) is 0 Å². The Bertz CT molecular complexity index is 570. The fourth-order valence-corrected chi connectivity index (χ4v) is 2.27. The van der Waals surface area contributed by atoms with Crippen LogP contribution in [0.2, 0.25) is 0 Å². The average molecular weight is 271 g/mol. The molecule has 2 heteroatoms. The van der Waals surface area contributed by atoms with Crippen molar-refractivity contribution in [2.24, 2.45) is 5.73 Å². The van der Waals surface area contributed by atoms with Gasteiger partial charge in [0.05, 0.1) is 0 Å². The lowest BCUT2D eigenvalue weighted by Crippen LogP contribution is -2.18. The number of nitrogens with two attached hydrogens (primary N) is 1. The molecule has 0 aliphatic heterocycles. The minimum atomic E-state index is -0.320. The van der Waals surface area contributed by atoms with E-state index in [9.17, 15) is 4.39 Å². The summed E-state index contributed by atoms with van der Waals surface area (Å²) >= 11 is 0. The largest absolute Gasteiger partial charge is 0.324 e. The molecule has 1 atom stereocenters. The molecule has 0 aliphatic carbocycles. The Balaban J connectivity index is 2.27. The SMILES string of the molecule is CC(C)(C)c1ccc(F)c(C(N)Cc2ccccc2)c1. The predicted octanol–water partition coefficient (Wildman–Crippen LogP) is 4.37. The van der Waals surface area contributed by atoms with Gasteiger partial charge in [-0.05, 0) is 29.0 Å². The molecule has 1 nitrogen and oxygen atoms in total. The highest BCUT2D eigenvalue weighted by molar-refractivity contribution is 5.32. The van der Waals surface area contributed by atoms with Crippen LogP contribution in [0.15, 0.2) is 48.5 Å². The second kappa shape index (κ2) is 5.76. The molecule has 2 N–H and O–H groups in total. The summed E-state index contributed by atoms with van der Waals surface area (Å²) in [5, 5.41) is 0. The van der Waals surface area contributed by atoms with Crippen molar-refractivity contribution < 1.29 is 4.39 Å². The lowest BCUT2D eigenvalue weighted by Gasteiger charge is -2.22. The molecule has 0 amide bonds. The molecule has 0 spiro atoms. The smallest absolute Gasteiger partial charge is 0.128 e.